The highest BCUT2D eigenvalue weighted by Crippen LogP contribution is 2.56. The van der Waals surface area contributed by atoms with Gasteiger partial charge in [0.25, 0.3) is 0 Å². The van der Waals surface area contributed by atoms with Crippen LogP contribution in [0.3, 0.4) is 0 Å². The Hall–Kier alpha value is -1.49. The summed E-state index contributed by atoms with van der Waals surface area (Å²) in [4.78, 5) is 37.5. The normalized spacial score (nSPS) is 41.8. The predicted octanol–water partition coefficient (Wildman–Crippen LogP) is 3.24. The van der Waals surface area contributed by atoms with Gasteiger partial charge in [-0.3, -0.25) is 14.4 Å². The molecule has 0 amide bonds. The van der Waals surface area contributed by atoms with E-state index in [-0.39, 0.29) is 35.5 Å². The van der Waals surface area contributed by atoms with Crippen LogP contribution >= 0.6 is 0 Å². The van der Waals surface area contributed by atoms with Gasteiger partial charge in [-0.25, -0.2) is 0 Å². The largest absolute Gasteiger partial charge is 0.462 e. The number of ether oxygens (including phenoxy) is 1. The number of allylic oxidation sites excluding steroid dienone is 1. The molecule has 2 bridgehead atoms. The number of rotatable bonds is 1. The maximum absolute atomic E-state index is 13.3. The van der Waals surface area contributed by atoms with Crippen molar-refractivity contribution in [3.05, 3.63) is 12.2 Å². The Morgan fingerprint density at radius 3 is 2.48 bits per heavy atom. The highest BCUT2D eigenvalue weighted by molar-refractivity contribution is 6.00. The van der Waals surface area contributed by atoms with Gasteiger partial charge in [-0.05, 0) is 49.5 Å². The molecule has 3 aliphatic rings. The lowest BCUT2D eigenvalue weighted by atomic mass is 9.51. The van der Waals surface area contributed by atoms with Gasteiger partial charge in [-0.1, -0.05) is 27.4 Å². The van der Waals surface area contributed by atoms with E-state index in [0.717, 1.165) is 0 Å². The van der Waals surface area contributed by atoms with E-state index >= 15 is 0 Å². The van der Waals surface area contributed by atoms with Crippen LogP contribution in [0.4, 0.5) is 0 Å². The van der Waals surface area contributed by atoms with Crippen molar-refractivity contribution in [1.29, 1.82) is 0 Å². The van der Waals surface area contributed by atoms with E-state index < -0.39 is 22.9 Å². The van der Waals surface area contributed by atoms with Gasteiger partial charge in [0, 0.05) is 30.1 Å². The molecule has 0 aromatic rings. The molecule has 27 heavy (non-hydrogen) atoms. The monoisotopic (exact) mass is 376 g/mol. The van der Waals surface area contributed by atoms with Crippen molar-refractivity contribution >= 4 is 17.5 Å². The molecule has 0 saturated heterocycles. The number of hydrogen-bond acceptors (Lipinski definition) is 5. The minimum absolute atomic E-state index is 0.00615. The second kappa shape index (κ2) is 6.84. The van der Waals surface area contributed by atoms with Crippen molar-refractivity contribution in [1.82, 2.24) is 0 Å². The zero-order valence-corrected chi connectivity index (χ0v) is 16.9. The summed E-state index contributed by atoms with van der Waals surface area (Å²) in [5, 5.41) is 11.0. The molecule has 1 N–H and O–H groups in total. The second-order valence-corrected chi connectivity index (χ2v) is 9.62. The second-order valence-electron chi connectivity index (χ2n) is 9.62. The molecule has 3 saturated carbocycles. The summed E-state index contributed by atoms with van der Waals surface area (Å²) >= 11 is 0. The molecule has 0 radical (unpaired) electrons. The Bertz CT molecular complexity index is 678. The van der Waals surface area contributed by atoms with Gasteiger partial charge in [0.05, 0.1) is 6.10 Å². The third-order valence-corrected chi connectivity index (χ3v) is 7.71. The summed E-state index contributed by atoms with van der Waals surface area (Å²) in [6.45, 7) is 11.4. The number of hydrogen-bond donors (Lipinski definition) is 1. The SMILES string of the molecule is C=C1C(=O)C2C[C@@H]1CCC(=O)[C@@]1(C)CC[C@@H](OC(C)=O)C(C)(C)[C@@H]1C[C@H]2O. The number of aliphatic hydroxyl groups excluding tert-OH is 1. The maximum atomic E-state index is 13.3. The predicted molar refractivity (Wildman–Crippen MR) is 101 cm³/mol. The molecule has 0 aromatic heterocycles. The smallest absolute Gasteiger partial charge is 0.302 e. The Balaban J connectivity index is 1.99. The molecular weight excluding hydrogens is 344 g/mol. The lowest BCUT2D eigenvalue weighted by Crippen LogP contribution is -2.55. The minimum Gasteiger partial charge on any atom is -0.462 e. The van der Waals surface area contributed by atoms with Gasteiger partial charge in [-0.15, -0.1) is 0 Å². The zero-order chi connectivity index (χ0) is 20.1. The van der Waals surface area contributed by atoms with Gasteiger partial charge < -0.3 is 9.84 Å². The number of carbonyl (C=O) groups excluding carboxylic acids is 3. The van der Waals surface area contributed by atoms with Crippen LogP contribution in [-0.4, -0.2) is 34.9 Å². The van der Waals surface area contributed by atoms with Crippen LogP contribution in [0.15, 0.2) is 12.2 Å². The molecule has 3 rings (SSSR count). The molecule has 0 spiro atoms. The molecule has 3 aliphatic carbocycles. The number of Topliss-reactive ketones (excluding diaryl/α,β-unsaturated/α-hetero) is 2. The minimum atomic E-state index is -0.801. The summed E-state index contributed by atoms with van der Waals surface area (Å²) in [5.74, 6) is -0.762. The molecule has 6 atom stereocenters. The average Bonchev–Trinajstić information content (AvgIpc) is 2.86. The molecule has 0 aliphatic heterocycles. The summed E-state index contributed by atoms with van der Waals surface area (Å²) in [5.41, 5.74) is -0.478. The van der Waals surface area contributed by atoms with Gasteiger partial charge in [-0.2, -0.15) is 0 Å². The topological polar surface area (TPSA) is 80.7 Å². The van der Waals surface area contributed by atoms with Gasteiger partial charge in [0.1, 0.15) is 11.9 Å². The molecule has 5 nitrogen and oxygen atoms in total. The lowest BCUT2D eigenvalue weighted by Gasteiger charge is -2.54. The molecule has 3 fully saturated rings. The molecule has 5 heteroatoms. The van der Waals surface area contributed by atoms with Crippen molar-refractivity contribution in [2.24, 2.45) is 28.6 Å². The zero-order valence-electron chi connectivity index (χ0n) is 16.9. The number of esters is 1. The Labute approximate surface area is 161 Å². The van der Waals surface area contributed by atoms with Gasteiger partial charge in [0.2, 0.25) is 0 Å². The van der Waals surface area contributed by atoms with E-state index in [2.05, 4.69) is 6.58 Å². The van der Waals surface area contributed by atoms with E-state index in [1.165, 1.54) is 6.92 Å². The summed E-state index contributed by atoms with van der Waals surface area (Å²) in [7, 11) is 0. The number of aliphatic hydroxyl groups is 1. The third-order valence-electron chi connectivity index (χ3n) is 7.71. The Morgan fingerprint density at radius 2 is 1.85 bits per heavy atom. The van der Waals surface area contributed by atoms with Crippen LogP contribution in [0.5, 0.6) is 0 Å². The maximum Gasteiger partial charge on any atom is 0.302 e. The standard InChI is InChI=1S/C22H32O5/c1-12-14-6-7-18(25)22(5)9-8-19(27-13(2)23)21(3,4)17(22)11-16(24)15(10-14)20(12)26/h14-17,19,24H,1,6-11H2,2-5H3/t14-,15?,16+,17-,19+,22-/m0/s1. The molecule has 1 unspecified atom stereocenters. The van der Waals surface area contributed by atoms with Crippen molar-refractivity contribution in [3.8, 4) is 0 Å². The van der Waals surface area contributed by atoms with Crippen LogP contribution in [-0.2, 0) is 19.1 Å². The van der Waals surface area contributed by atoms with Crippen molar-refractivity contribution in [3.63, 3.8) is 0 Å². The van der Waals surface area contributed by atoms with E-state index in [0.29, 0.717) is 44.1 Å². The fraction of sp³-hybridized carbons (Fsp3) is 0.773. The third kappa shape index (κ3) is 3.28. The summed E-state index contributed by atoms with van der Waals surface area (Å²) in [6.07, 6.45) is 2.19. The molecule has 150 valence electrons. The van der Waals surface area contributed by atoms with Crippen LogP contribution < -0.4 is 0 Å². The Kier molecular flexibility index (Phi) is 5.13. The fourth-order valence-corrected chi connectivity index (χ4v) is 5.95. The molecular formula is C22H32O5. The summed E-state index contributed by atoms with van der Waals surface area (Å²) < 4.78 is 5.59. The Morgan fingerprint density at radius 1 is 1.19 bits per heavy atom. The summed E-state index contributed by atoms with van der Waals surface area (Å²) in [6, 6.07) is 0. The first-order valence-electron chi connectivity index (χ1n) is 10.1. The van der Waals surface area contributed by atoms with Crippen LogP contribution in [0.2, 0.25) is 0 Å². The molecule has 0 heterocycles. The quantitative estimate of drug-likeness (QED) is 0.561. The highest BCUT2D eigenvalue weighted by Gasteiger charge is 2.57. The van der Waals surface area contributed by atoms with Crippen molar-refractivity contribution in [2.75, 3.05) is 0 Å². The van der Waals surface area contributed by atoms with E-state index in [1.807, 2.05) is 20.8 Å². The van der Waals surface area contributed by atoms with Crippen molar-refractivity contribution in [2.45, 2.75) is 78.4 Å². The van der Waals surface area contributed by atoms with Gasteiger partial charge >= 0.3 is 5.97 Å². The highest BCUT2D eigenvalue weighted by atomic mass is 16.5. The van der Waals surface area contributed by atoms with Crippen LogP contribution in [0.25, 0.3) is 0 Å². The first kappa shape index (κ1) is 20.2. The average molecular weight is 376 g/mol. The first-order chi connectivity index (χ1) is 12.5. The number of fused-ring (bicyclic) bond motifs is 3. The fourth-order valence-electron chi connectivity index (χ4n) is 5.95. The number of carbonyl (C=O) groups is 3. The van der Waals surface area contributed by atoms with E-state index in [1.54, 1.807) is 0 Å². The van der Waals surface area contributed by atoms with E-state index in [9.17, 15) is 19.5 Å². The van der Waals surface area contributed by atoms with Crippen LogP contribution in [0, 0.1) is 28.6 Å². The first-order valence-corrected chi connectivity index (χ1v) is 10.1. The van der Waals surface area contributed by atoms with Crippen molar-refractivity contribution < 1.29 is 24.2 Å². The lowest BCUT2D eigenvalue weighted by molar-refractivity contribution is -0.174. The number of ketones is 2. The van der Waals surface area contributed by atoms with E-state index in [4.69, 9.17) is 4.74 Å². The van der Waals surface area contributed by atoms with Crippen LogP contribution in [0.1, 0.15) is 66.2 Å². The van der Waals surface area contributed by atoms with Gasteiger partial charge in [0.15, 0.2) is 5.78 Å². The molecule has 0 aromatic carbocycles.